The van der Waals surface area contributed by atoms with Crippen molar-refractivity contribution in [3.05, 3.63) is 93.0 Å². The summed E-state index contributed by atoms with van der Waals surface area (Å²) in [6.45, 7) is 1.49. The van der Waals surface area contributed by atoms with E-state index in [1.165, 1.54) is 11.6 Å². The number of aromatic hydroxyl groups is 1. The monoisotopic (exact) mass is 503 g/mol. The van der Waals surface area contributed by atoms with E-state index in [1.54, 1.807) is 18.2 Å². The molecule has 0 saturated carbocycles. The lowest BCUT2D eigenvalue weighted by Crippen LogP contribution is -2.23. The Morgan fingerprint density at radius 1 is 0.853 bits per heavy atom. The molecule has 3 rings (SSSR count). The number of halogens is 2. The second kappa shape index (κ2) is 13.6. The lowest BCUT2D eigenvalue weighted by molar-refractivity contribution is 0.174. The van der Waals surface area contributed by atoms with Crippen LogP contribution in [0.1, 0.15) is 41.2 Å². The first-order chi connectivity index (χ1) is 16.4. The number of rotatable bonds is 13. The van der Waals surface area contributed by atoms with Gasteiger partial charge in [-0.1, -0.05) is 41.4 Å². The molecular formula is C27H31Cl2NO4. The Morgan fingerprint density at radius 3 is 2.29 bits per heavy atom. The molecule has 0 aromatic heterocycles. The number of benzene rings is 3. The number of aryl methyl sites for hydroxylation is 1. The number of hydrogen-bond donors (Lipinski definition) is 4. The van der Waals surface area contributed by atoms with E-state index < -0.39 is 6.10 Å². The van der Waals surface area contributed by atoms with Gasteiger partial charge in [0.1, 0.15) is 11.5 Å². The number of nitrogens with one attached hydrogen (secondary N) is 1. The van der Waals surface area contributed by atoms with Gasteiger partial charge in [0.15, 0.2) is 0 Å². The first kappa shape index (κ1) is 26.3. The fraction of sp³-hybridized carbons (Fsp3) is 0.333. The van der Waals surface area contributed by atoms with Gasteiger partial charge < -0.3 is 25.4 Å². The molecule has 1 atom stereocenters. The van der Waals surface area contributed by atoms with E-state index in [4.69, 9.17) is 27.9 Å². The van der Waals surface area contributed by atoms with Gasteiger partial charge in [0.25, 0.3) is 0 Å². The Balaban J connectivity index is 1.31. The fourth-order valence-corrected chi connectivity index (χ4v) is 4.23. The molecule has 34 heavy (non-hydrogen) atoms. The molecular weight excluding hydrogens is 473 g/mol. The Labute approximate surface area is 210 Å². The summed E-state index contributed by atoms with van der Waals surface area (Å²) in [5, 5.41) is 33.8. The van der Waals surface area contributed by atoms with Crippen molar-refractivity contribution in [3.63, 3.8) is 0 Å². The zero-order valence-electron chi connectivity index (χ0n) is 19.0. The van der Waals surface area contributed by atoms with Crippen molar-refractivity contribution in [2.75, 3.05) is 19.7 Å². The van der Waals surface area contributed by atoms with Crippen molar-refractivity contribution in [1.29, 1.82) is 0 Å². The van der Waals surface area contributed by atoms with Gasteiger partial charge in [0.2, 0.25) is 0 Å². The summed E-state index contributed by atoms with van der Waals surface area (Å²) < 4.78 is 5.84. The van der Waals surface area contributed by atoms with Crippen molar-refractivity contribution in [2.45, 2.75) is 38.4 Å². The predicted octanol–water partition coefficient (Wildman–Crippen LogP) is 5.46. The average Bonchev–Trinajstić information content (AvgIpc) is 2.82. The molecule has 182 valence electrons. The summed E-state index contributed by atoms with van der Waals surface area (Å²) in [4.78, 5) is 0. The van der Waals surface area contributed by atoms with E-state index in [1.807, 2.05) is 24.3 Å². The molecule has 0 aliphatic heterocycles. The molecule has 7 heteroatoms. The molecule has 0 fully saturated rings. The van der Waals surface area contributed by atoms with Gasteiger partial charge in [-0.2, -0.15) is 0 Å². The first-order valence-electron chi connectivity index (χ1n) is 11.4. The summed E-state index contributed by atoms with van der Waals surface area (Å²) >= 11 is 12.1. The second-order valence-corrected chi connectivity index (χ2v) is 9.12. The minimum Gasteiger partial charge on any atom is -0.508 e. The van der Waals surface area contributed by atoms with Crippen molar-refractivity contribution < 1.29 is 20.1 Å². The second-order valence-electron chi connectivity index (χ2n) is 8.24. The van der Waals surface area contributed by atoms with Gasteiger partial charge in [0.05, 0.1) is 19.3 Å². The molecule has 3 aromatic rings. The van der Waals surface area contributed by atoms with Crippen molar-refractivity contribution in [2.24, 2.45) is 0 Å². The van der Waals surface area contributed by atoms with Crippen LogP contribution < -0.4 is 10.1 Å². The van der Waals surface area contributed by atoms with E-state index in [2.05, 4.69) is 17.4 Å². The molecule has 0 amide bonds. The number of aliphatic hydroxyl groups is 2. The number of aliphatic hydroxyl groups excluding tert-OH is 2. The van der Waals surface area contributed by atoms with E-state index in [0.29, 0.717) is 34.3 Å². The lowest BCUT2D eigenvalue weighted by Gasteiger charge is -2.14. The third kappa shape index (κ3) is 8.49. The van der Waals surface area contributed by atoms with Crippen molar-refractivity contribution in [1.82, 2.24) is 5.32 Å². The maximum atomic E-state index is 10.3. The van der Waals surface area contributed by atoms with Gasteiger partial charge >= 0.3 is 0 Å². The van der Waals surface area contributed by atoms with Gasteiger partial charge in [-0.05, 0) is 91.4 Å². The maximum absolute atomic E-state index is 10.3. The summed E-state index contributed by atoms with van der Waals surface area (Å²) in [7, 11) is 0. The number of hydrogen-bond acceptors (Lipinski definition) is 5. The lowest BCUT2D eigenvalue weighted by atomic mass is 10.1. The standard InChI is InChI=1S/C27H31Cl2NO4/c28-23-13-20(14-24(29)16-23)3-1-2-12-34-25-7-4-19(5-8-25)10-11-30-17-27(33)21-6-9-26(32)22(15-21)18-31/h4-9,13-16,27,30-33H,1-3,10-12,17-18H2. The Kier molecular flexibility index (Phi) is 10.5. The summed E-state index contributed by atoms with van der Waals surface area (Å²) in [5.74, 6) is 0.881. The van der Waals surface area contributed by atoms with Crippen LogP contribution in [0.2, 0.25) is 10.0 Å². The highest BCUT2D eigenvalue weighted by Gasteiger charge is 2.10. The highest BCUT2D eigenvalue weighted by molar-refractivity contribution is 6.34. The van der Waals surface area contributed by atoms with Crippen LogP contribution in [0.25, 0.3) is 0 Å². The molecule has 0 radical (unpaired) electrons. The third-order valence-electron chi connectivity index (χ3n) is 5.56. The molecule has 0 bridgehead atoms. The quantitative estimate of drug-likeness (QED) is 0.233. The van der Waals surface area contributed by atoms with Crippen LogP contribution in [0.15, 0.2) is 60.7 Å². The summed E-state index contributed by atoms with van der Waals surface area (Å²) in [6, 6.07) is 18.5. The third-order valence-corrected chi connectivity index (χ3v) is 6.00. The van der Waals surface area contributed by atoms with Crippen LogP contribution in [0, 0.1) is 0 Å². The van der Waals surface area contributed by atoms with E-state index in [9.17, 15) is 15.3 Å². The zero-order valence-corrected chi connectivity index (χ0v) is 20.5. The molecule has 0 aliphatic carbocycles. The smallest absolute Gasteiger partial charge is 0.121 e. The van der Waals surface area contributed by atoms with Crippen LogP contribution >= 0.6 is 23.2 Å². The van der Waals surface area contributed by atoms with Crippen LogP contribution in [0.3, 0.4) is 0 Å². The van der Waals surface area contributed by atoms with Gasteiger partial charge in [-0.3, -0.25) is 0 Å². The topological polar surface area (TPSA) is 82.0 Å². The highest BCUT2D eigenvalue weighted by atomic mass is 35.5. The number of unbranched alkanes of at least 4 members (excludes halogenated alkanes) is 1. The van der Waals surface area contributed by atoms with Crippen molar-refractivity contribution in [3.8, 4) is 11.5 Å². The van der Waals surface area contributed by atoms with Gasteiger partial charge in [0, 0.05) is 22.2 Å². The van der Waals surface area contributed by atoms with Crippen LogP contribution in [-0.2, 0) is 19.4 Å². The van der Waals surface area contributed by atoms with E-state index in [0.717, 1.165) is 43.5 Å². The van der Waals surface area contributed by atoms with E-state index >= 15 is 0 Å². The van der Waals surface area contributed by atoms with Gasteiger partial charge in [-0.25, -0.2) is 0 Å². The Hall–Kier alpha value is -2.28. The number of ether oxygens (including phenoxy) is 1. The molecule has 4 N–H and O–H groups in total. The summed E-state index contributed by atoms with van der Waals surface area (Å²) in [6.07, 6.45) is 2.97. The minimum atomic E-state index is -0.711. The molecule has 1 unspecified atom stereocenters. The SMILES string of the molecule is OCc1cc(C(O)CNCCc2ccc(OCCCCc3cc(Cl)cc(Cl)c3)cc2)ccc1O. The molecule has 0 spiro atoms. The van der Waals surface area contributed by atoms with Crippen LogP contribution in [0.5, 0.6) is 11.5 Å². The van der Waals surface area contributed by atoms with Crippen LogP contribution in [0.4, 0.5) is 0 Å². The molecule has 0 saturated heterocycles. The van der Waals surface area contributed by atoms with Crippen LogP contribution in [-0.4, -0.2) is 35.0 Å². The zero-order chi connectivity index (χ0) is 24.3. The van der Waals surface area contributed by atoms with Gasteiger partial charge in [-0.15, -0.1) is 0 Å². The fourth-order valence-electron chi connectivity index (χ4n) is 3.66. The molecule has 5 nitrogen and oxygen atoms in total. The number of phenols is 1. The molecule has 3 aromatic carbocycles. The first-order valence-corrected chi connectivity index (χ1v) is 12.2. The maximum Gasteiger partial charge on any atom is 0.121 e. The normalized spacial score (nSPS) is 12.0. The Bertz CT molecular complexity index is 1020. The highest BCUT2D eigenvalue weighted by Crippen LogP contribution is 2.23. The Morgan fingerprint density at radius 2 is 1.59 bits per heavy atom. The summed E-state index contributed by atoms with van der Waals surface area (Å²) in [5.41, 5.74) is 3.39. The average molecular weight is 504 g/mol. The molecule has 0 heterocycles. The largest absolute Gasteiger partial charge is 0.508 e. The van der Waals surface area contributed by atoms with E-state index in [-0.39, 0.29) is 12.4 Å². The molecule has 0 aliphatic rings. The van der Waals surface area contributed by atoms with Crippen molar-refractivity contribution >= 4 is 23.2 Å². The minimum absolute atomic E-state index is 0.0294. The predicted molar refractivity (Wildman–Crippen MR) is 137 cm³/mol.